The predicted molar refractivity (Wildman–Crippen MR) is 111 cm³/mol. The van der Waals surface area contributed by atoms with Gasteiger partial charge in [-0.25, -0.2) is 22.9 Å². The van der Waals surface area contributed by atoms with Crippen molar-refractivity contribution in [3.8, 4) is 17.1 Å². The van der Waals surface area contributed by atoms with Gasteiger partial charge in [-0.1, -0.05) is 27.7 Å². The summed E-state index contributed by atoms with van der Waals surface area (Å²) in [4.78, 5) is 8.91. The van der Waals surface area contributed by atoms with Crippen molar-refractivity contribution in [3.05, 3.63) is 30.1 Å². The largest absolute Gasteiger partial charge is 0.480 e. The van der Waals surface area contributed by atoms with Gasteiger partial charge in [-0.3, -0.25) is 0 Å². The molecule has 0 aliphatic carbocycles. The first-order chi connectivity index (χ1) is 13.7. The number of pyridine rings is 1. The van der Waals surface area contributed by atoms with E-state index < -0.39 is 10.0 Å². The predicted octanol–water partition coefficient (Wildman–Crippen LogP) is 2.54. The van der Waals surface area contributed by atoms with Crippen LogP contribution in [0.2, 0.25) is 0 Å². The Morgan fingerprint density at radius 1 is 1.28 bits per heavy atom. The Labute approximate surface area is 170 Å². The van der Waals surface area contributed by atoms with E-state index in [0.717, 1.165) is 5.56 Å². The Balaban J connectivity index is 2.19. The second-order valence-electron chi connectivity index (χ2n) is 6.86. The highest BCUT2D eigenvalue weighted by atomic mass is 32.2. The summed E-state index contributed by atoms with van der Waals surface area (Å²) in [6, 6.07) is 3.30. The van der Waals surface area contributed by atoms with E-state index in [0.29, 0.717) is 35.8 Å². The number of anilines is 1. The van der Waals surface area contributed by atoms with E-state index in [1.807, 2.05) is 13.8 Å². The SMILES string of the molecule is CCN(CC)S(=O)(=O)c1cc(-c2ccn3nc(N)c(C(C)C)c3n2)cnc1OC. The molecule has 10 heteroatoms. The molecular formula is C19H26N6O3S. The van der Waals surface area contributed by atoms with Gasteiger partial charge in [0.25, 0.3) is 0 Å². The molecule has 3 heterocycles. The van der Waals surface area contributed by atoms with Crippen LogP contribution < -0.4 is 10.5 Å². The number of nitrogens with two attached hydrogens (primary N) is 1. The summed E-state index contributed by atoms with van der Waals surface area (Å²) in [6.45, 7) is 8.32. The topological polar surface area (TPSA) is 116 Å². The first kappa shape index (κ1) is 21.0. The highest BCUT2D eigenvalue weighted by molar-refractivity contribution is 7.89. The van der Waals surface area contributed by atoms with E-state index in [2.05, 4.69) is 15.1 Å². The second-order valence-corrected chi connectivity index (χ2v) is 8.76. The van der Waals surface area contributed by atoms with Gasteiger partial charge in [-0.15, -0.1) is 5.10 Å². The zero-order valence-electron chi connectivity index (χ0n) is 17.2. The molecule has 0 saturated heterocycles. The number of rotatable bonds is 7. The third-order valence-corrected chi connectivity index (χ3v) is 6.80. The van der Waals surface area contributed by atoms with Crippen LogP contribution in [-0.2, 0) is 10.0 Å². The summed E-state index contributed by atoms with van der Waals surface area (Å²) in [5, 5.41) is 4.29. The fourth-order valence-electron chi connectivity index (χ4n) is 3.29. The van der Waals surface area contributed by atoms with Crippen LogP contribution in [0.4, 0.5) is 5.82 Å². The zero-order valence-corrected chi connectivity index (χ0v) is 18.1. The molecule has 0 radical (unpaired) electrons. The van der Waals surface area contributed by atoms with Gasteiger partial charge in [-0.2, -0.15) is 4.31 Å². The maximum atomic E-state index is 13.1. The molecule has 0 aliphatic heterocycles. The van der Waals surface area contributed by atoms with Crippen molar-refractivity contribution in [3.63, 3.8) is 0 Å². The molecule has 0 aliphatic rings. The van der Waals surface area contributed by atoms with Crippen LogP contribution in [-0.4, -0.2) is 52.5 Å². The fourth-order valence-corrected chi connectivity index (χ4v) is 4.88. The molecule has 0 aromatic carbocycles. The Morgan fingerprint density at radius 3 is 2.55 bits per heavy atom. The van der Waals surface area contributed by atoms with Gasteiger partial charge in [0.05, 0.1) is 12.8 Å². The number of ether oxygens (including phenoxy) is 1. The van der Waals surface area contributed by atoms with E-state index in [9.17, 15) is 8.42 Å². The number of hydrogen-bond donors (Lipinski definition) is 1. The second kappa shape index (κ2) is 7.96. The van der Waals surface area contributed by atoms with Gasteiger partial charge >= 0.3 is 0 Å². The number of hydrogen-bond acceptors (Lipinski definition) is 7. The third-order valence-electron chi connectivity index (χ3n) is 4.76. The normalized spacial score (nSPS) is 12.2. The summed E-state index contributed by atoms with van der Waals surface area (Å²) in [5.74, 6) is 0.628. The van der Waals surface area contributed by atoms with Gasteiger partial charge in [0.15, 0.2) is 11.5 Å². The minimum absolute atomic E-state index is 0.0139. The molecule has 0 atom stereocenters. The molecule has 9 nitrogen and oxygen atoms in total. The Hall–Kier alpha value is -2.72. The maximum absolute atomic E-state index is 13.1. The van der Waals surface area contributed by atoms with Crippen LogP contribution in [0, 0.1) is 0 Å². The van der Waals surface area contributed by atoms with E-state index in [-0.39, 0.29) is 16.7 Å². The molecular weight excluding hydrogens is 392 g/mol. The molecule has 29 heavy (non-hydrogen) atoms. The van der Waals surface area contributed by atoms with E-state index >= 15 is 0 Å². The summed E-state index contributed by atoms with van der Waals surface area (Å²) < 4.78 is 34.3. The summed E-state index contributed by atoms with van der Waals surface area (Å²) in [7, 11) is -2.35. The third kappa shape index (κ3) is 3.65. The molecule has 0 amide bonds. The molecule has 0 unspecified atom stereocenters. The van der Waals surface area contributed by atoms with Crippen LogP contribution in [0.3, 0.4) is 0 Å². The molecule has 2 N–H and O–H groups in total. The van der Waals surface area contributed by atoms with E-state index in [4.69, 9.17) is 10.5 Å². The standard InChI is InChI=1S/C19H26N6O3S/c1-6-24(7-2)29(26,27)15-10-13(11-21-19(15)28-5)14-8-9-25-18(22-14)16(12(3)4)17(20)23-25/h8-12H,6-7H2,1-5H3,(H2,20,23). The van der Waals surface area contributed by atoms with Crippen molar-refractivity contribution in [1.29, 1.82) is 0 Å². The number of methoxy groups -OCH3 is 1. The van der Waals surface area contributed by atoms with Crippen LogP contribution in [0.5, 0.6) is 5.88 Å². The minimum atomic E-state index is -3.75. The average Bonchev–Trinajstić information content (AvgIpc) is 3.03. The lowest BCUT2D eigenvalue weighted by Crippen LogP contribution is -2.31. The zero-order chi connectivity index (χ0) is 21.3. The Bertz CT molecular complexity index is 1140. The molecule has 0 bridgehead atoms. The van der Waals surface area contributed by atoms with Crippen molar-refractivity contribution in [2.45, 2.75) is 38.5 Å². The summed E-state index contributed by atoms with van der Waals surface area (Å²) in [6.07, 6.45) is 3.30. The average molecular weight is 419 g/mol. The fraction of sp³-hybridized carbons (Fsp3) is 0.421. The van der Waals surface area contributed by atoms with Gasteiger partial charge in [0, 0.05) is 36.6 Å². The Kier molecular flexibility index (Phi) is 5.76. The van der Waals surface area contributed by atoms with Gasteiger partial charge < -0.3 is 10.5 Å². The molecule has 156 valence electrons. The van der Waals surface area contributed by atoms with Crippen LogP contribution >= 0.6 is 0 Å². The van der Waals surface area contributed by atoms with Crippen LogP contribution in [0.1, 0.15) is 39.2 Å². The van der Waals surface area contributed by atoms with Crippen molar-refractivity contribution in [2.24, 2.45) is 0 Å². The summed E-state index contributed by atoms with van der Waals surface area (Å²) >= 11 is 0. The monoisotopic (exact) mass is 418 g/mol. The van der Waals surface area contributed by atoms with Crippen molar-refractivity contribution in [2.75, 3.05) is 25.9 Å². The van der Waals surface area contributed by atoms with Gasteiger partial charge in [0.1, 0.15) is 4.90 Å². The van der Waals surface area contributed by atoms with E-state index in [1.54, 1.807) is 42.9 Å². The smallest absolute Gasteiger partial charge is 0.248 e. The number of aromatic nitrogens is 4. The Morgan fingerprint density at radius 2 is 1.97 bits per heavy atom. The molecule has 0 saturated carbocycles. The quantitative estimate of drug-likeness (QED) is 0.627. The first-order valence-corrected chi connectivity index (χ1v) is 10.9. The minimum Gasteiger partial charge on any atom is -0.480 e. The molecule has 3 aromatic heterocycles. The highest BCUT2D eigenvalue weighted by Crippen LogP contribution is 2.31. The van der Waals surface area contributed by atoms with Crippen LogP contribution in [0.15, 0.2) is 29.4 Å². The number of sulfonamides is 1. The molecule has 3 aromatic rings. The lowest BCUT2D eigenvalue weighted by Gasteiger charge is -2.20. The molecule has 0 fully saturated rings. The molecule has 0 spiro atoms. The van der Waals surface area contributed by atoms with Gasteiger partial charge in [0.2, 0.25) is 15.9 Å². The lowest BCUT2D eigenvalue weighted by atomic mass is 10.1. The number of fused-ring (bicyclic) bond motifs is 1. The highest BCUT2D eigenvalue weighted by Gasteiger charge is 2.27. The first-order valence-electron chi connectivity index (χ1n) is 9.43. The van der Waals surface area contributed by atoms with Gasteiger partial charge in [-0.05, 0) is 18.1 Å². The van der Waals surface area contributed by atoms with E-state index in [1.165, 1.54) is 11.4 Å². The number of nitrogens with zero attached hydrogens (tertiary/aromatic N) is 5. The van der Waals surface area contributed by atoms with Crippen LogP contribution in [0.25, 0.3) is 16.9 Å². The maximum Gasteiger partial charge on any atom is 0.248 e. The van der Waals surface area contributed by atoms with Crippen molar-refractivity contribution >= 4 is 21.5 Å². The van der Waals surface area contributed by atoms with Crippen molar-refractivity contribution < 1.29 is 13.2 Å². The summed E-state index contributed by atoms with van der Waals surface area (Å²) in [5.41, 5.74) is 8.67. The lowest BCUT2D eigenvalue weighted by molar-refractivity contribution is 0.379. The number of nitrogen functional groups attached to an aromatic ring is 1. The molecule has 3 rings (SSSR count). The van der Waals surface area contributed by atoms with Crippen molar-refractivity contribution in [1.82, 2.24) is 23.9 Å².